The van der Waals surface area contributed by atoms with E-state index in [9.17, 15) is 4.79 Å². The van der Waals surface area contributed by atoms with Crippen molar-refractivity contribution in [3.63, 3.8) is 0 Å². The average Bonchev–Trinajstić information content (AvgIpc) is 2.10. The summed E-state index contributed by atoms with van der Waals surface area (Å²) in [5.74, 6) is 1.42. The molecule has 0 aromatic heterocycles. The number of hydrogen-bond donors (Lipinski definition) is 2. The number of primary amides is 1. The second-order valence-corrected chi connectivity index (χ2v) is 5.19. The fourth-order valence-electron chi connectivity index (χ4n) is 1.34. The first-order valence-corrected chi connectivity index (χ1v) is 6.23. The van der Waals surface area contributed by atoms with Crippen molar-refractivity contribution in [2.75, 3.05) is 5.75 Å². The first kappa shape index (κ1) is 12.4. The maximum atomic E-state index is 10.7. The van der Waals surface area contributed by atoms with Gasteiger partial charge in [0.05, 0.1) is 6.04 Å². The molecular weight excluding hydrogens is 210 g/mol. The second-order valence-electron chi connectivity index (χ2n) is 4.18. The zero-order valence-corrected chi connectivity index (χ0v) is 10.3. The van der Waals surface area contributed by atoms with E-state index in [1.54, 1.807) is 11.8 Å². The van der Waals surface area contributed by atoms with Crippen molar-refractivity contribution >= 4 is 22.8 Å². The molecule has 1 aliphatic rings. The highest BCUT2D eigenvalue weighted by Crippen LogP contribution is 2.21. The van der Waals surface area contributed by atoms with E-state index in [4.69, 9.17) is 5.73 Å². The smallest absolute Gasteiger partial charge is 0.219 e. The highest BCUT2D eigenvalue weighted by Gasteiger charge is 2.20. The minimum atomic E-state index is -0.280. The fraction of sp³-hybridized carbons (Fsp3) is 0.800. The molecule has 0 aromatic carbocycles. The summed E-state index contributed by atoms with van der Waals surface area (Å²) in [6, 6.07) is 0.420. The Morgan fingerprint density at radius 1 is 1.73 bits per heavy atom. The van der Waals surface area contributed by atoms with Gasteiger partial charge in [0.25, 0.3) is 0 Å². The number of thioether (sulfide) groups is 1. The molecule has 1 amide bonds. The van der Waals surface area contributed by atoms with Crippen molar-refractivity contribution in [2.45, 2.75) is 39.3 Å². The maximum Gasteiger partial charge on any atom is 0.219 e. The van der Waals surface area contributed by atoms with Crippen molar-refractivity contribution < 1.29 is 4.79 Å². The molecule has 0 aliphatic carbocycles. The average molecular weight is 229 g/mol. The Morgan fingerprint density at radius 3 is 2.93 bits per heavy atom. The molecule has 0 saturated heterocycles. The number of aliphatic imine (C=N–C) groups is 1. The third kappa shape index (κ3) is 4.11. The number of amidine groups is 1. The minimum Gasteiger partial charge on any atom is -0.370 e. The minimum absolute atomic E-state index is 0.0642. The van der Waals surface area contributed by atoms with E-state index >= 15 is 0 Å². The van der Waals surface area contributed by atoms with E-state index in [2.05, 4.69) is 24.2 Å². The summed E-state index contributed by atoms with van der Waals surface area (Å²) in [5, 5.41) is 4.15. The quantitative estimate of drug-likeness (QED) is 0.757. The normalized spacial score (nSPS) is 28.1. The third-order valence-corrected chi connectivity index (χ3v) is 3.69. The van der Waals surface area contributed by atoms with Crippen LogP contribution in [-0.2, 0) is 4.79 Å². The molecule has 4 nitrogen and oxygen atoms in total. The van der Waals surface area contributed by atoms with E-state index in [-0.39, 0.29) is 11.9 Å². The van der Waals surface area contributed by atoms with E-state index < -0.39 is 0 Å². The van der Waals surface area contributed by atoms with Crippen LogP contribution in [0.4, 0.5) is 0 Å². The van der Waals surface area contributed by atoms with E-state index in [1.807, 2.05) is 6.92 Å². The fourth-order valence-corrected chi connectivity index (χ4v) is 2.57. The largest absolute Gasteiger partial charge is 0.370 e. The molecule has 0 bridgehead atoms. The van der Waals surface area contributed by atoms with Crippen molar-refractivity contribution in [2.24, 2.45) is 16.6 Å². The SMILES string of the molecule is CC(CC(N)=O)NC1=NC(C)C(C)CS1. The zero-order chi connectivity index (χ0) is 11.4. The molecule has 3 unspecified atom stereocenters. The van der Waals surface area contributed by atoms with Crippen LogP contribution in [0.2, 0.25) is 0 Å². The summed E-state index contributed by atoms with van der Waals surface area (Å²) in [6.45, 7) is 6.26. The van der Waals surface area contributed by atoms with Gasteiger partial charge in [-0.1, -0.05) is 18.7 Å². The number of nitrogens with two attached hydrogens (primary N) is 1. The van der Waals surface area contributed by atoms with E-state index in [1.165, 1.54) is 0 Å². The molecule has 3 N–H and O–H groups in total. The highest BCUT2D eigenvalue weighted by molar-refractivity contribution is 8.13. The number of amides is 1. The molecule has 0 fully saturated rings. The molecule has 1 aliphatic heterocycles. The number of nitrogens with one attached hydrogen (secondary N) is 1. The molecule has 0 spiro atoms. The molecule has 0 radical (unpaired) electrons. The molecule has 0 saturated carbocycles. The van der Waals surface area contributed by atoms with E-state index in [0.717, 1.165) is 10.9 Å². The van der Waals surface area contributed by atoms with Gasteiger partial charge in [-0.15, -0.1) is 0 Å². The lowest BCUT2D eigenvalue weighted by Gasteiger charge is -2.25. The first-order chi connectivity index (χ1) is 6.99. The Bertz CT molecular complexity index is 267. The molecule has 0 aromatic rings. The van der Waals surface area contributed by atoms with Gasteiger partial charge in [0.15, 0.2) is 5.17 Å². The molecule has 86 valence electrons. The first-order valence-electron chi connectivity index (χ1n) is 5.24. The van der Waals surface area contributed by atoms with Crippen LogP contribution in [-0.4, -0.2) is 28.9 Å². The predicted molar refractivity (Wildman–Crippen MR) is 64.9 cm³/mol. The van der Waals surface area contributed by atoms with Crippen molar-refractivity contribution in [1.29, 1.82) is 0 Å². The predicted octanol–water partition coefficient (Wildman–Crippen LogP) is 0.967. The Kier molecular flexibility index (Phi) is 4.45. The van der Waals surface area contributed by atoms with Crippen LogP contribution in [0, 0.1) is 5.92 Å². The molecule has 3 atom stereocenters. The number of carbonyl (C=O) groups excluding carboxylic acids is 1. The van der Waals surface area contributed by atoms with Crippen LogP contribution in [0.25, 0.3) is 0 Å². The monoisotopic (exact) mass is 229 g/mol. The molecular formula is C10H19N3OS. The molecule has 15 heavy (non-hydrogen) atoms. The zero-order valence-electron chi connectivity index (χ0n) is 9.49. The van der Waals surface area contributed by atoms with Gasteiger partial charge in [-0.05, 0) is 19.8 Å². The summed E-state index contributed by atoms with van der Waals surface area (Å²) in [7, 11) is 0. The lowest BCUT2D eigenvalue weighted by molar-refractivity contribution is -0.118. The Hall–Kier alpha value is -0.710. The Labute approximate surface area is 95.1 Å². The van der Waals surface area contributed by atoms with Crippen molar-refractivity contribution in [3.8, 4) is 0 Å². The third-order valence-electron chi connectivity index (χ3n) is 2.50. The van der Waals surface area contributed by atoms with Crippen LogP contribution < -0.4 is 11.1 Å². The van der Waals surface area contributed by atoms with Gasteiger partial charge in [-0.25, -0.2) is 0 Å². The van der Waals surface area contributed by atoms with Gasteiger partial charge in [-0.3, -0.25) is 9.79 Å². The summed E-state index contributed by atoms with van der Waals surface area (Å²) in [6.07, 6.45) is 0.351. The van der Waals surface area contributed by atoms with Crippen LogP contribution in [0.3, 0.4) is 0 Å². The maximum absolute atomic E-state index is 10.7. The molecule has 1 rings (SSSR count). The van der Waals surface area contributed by atoms with Crippen LogP contribution in [0.1, 0.15) is 27.2 Å². The number of carbonyl (C=O) groups is 1. The van der Waals surface area contributed by atoms with Crippen molar-refractivity contribution in [1.82, 2.24) is 5.32 Å². The lowest BCUT2D eigenvalue weighted by Crippen LogP contribution is -2.37. The summed E-state index contributed by atoms with van der Waals surface area (Å²) in [4.78, 5) is 15.2. The molecule has 5 heteroatoms. The summed E-state index contributed by atoms with van der Waals surface area (Å²) >= 11 is 1.72. The van der Waals surface area contributed by atoms with Crippen LogP contribution in [0.5, 0.6) is 0 Å². The van der Waals surface area contributed by atoms with Gasteiger partial charge in [0, 0.05) is 18.2 Å². The highest BCUT2D eigenvalue weighted by atomic mass is 32.2. The second kappa shape index (κ2) is 5.39. The topological polar surface area (TPSA) is 67.5 Å². The van der Waals surface area contributed by atoms with Gasteiger partial charge in [0.2, 0.25) is 5.91 Å². The Balaban J connectivity index is 2.45. The van der Waals surface area contributed by atoms with Crippen LogP contribution in [0.15, 0.2) is 4.99 Å². The van der Waals surface area contributed by atoms with Gasteiger partial charge in [0.1, 0.15) is 0 Å². The van der Waals surface area contributed by atoms with Crippen LogP contribution >= 0.6 is 11.8 Å². The summed E-state index contributed by atoms with van der Waals surface area (Å²) < 4.78 is 0. The standard InChI is InChI=1S/C10H19N3OS/c1-6-5-15-10(13-8(6)3)12-7(2)4-9(11)14/h6-8H,4-5H2,1-3H3,(H2,11,14)(H,12,13). The van der Waals surface area contributed by atoms with E-state index in [0.29, 0.717) is 18.4 Å². The number of rotatable bonds is 3. The van der Waals surface area contributed by atoms with Crippen molar-refractivity contribution in [3.05, 3.63) is 0 Å². The number of nitrogens with zero attached hydrogens (tertiary/aromatic N) is 1. The Morgan fingerprint density at radius 2 is 2.40 bits per heavy atom. The molecule has 1 heterocycles. The van der Waals surface area contributed by atoms with Gasteiger partial charge >= 0.3 is 0 Å². The number of hydrogen-bond acceptors (Lipinski definition) is 4. The van der Waals surface area contributed by atoms with Gasteiger partial charge in [-0.2, -0.15) is 0 Å². The van der Waals surface area contributed by atoms with Gasteiger partial charge < -0.3 is 11.1 Å². The summed E-state index contributed by atoms with van der Waals surface area (Å²) in [5.41, 5.74) is 5.12. The lowest BCUT2D eigenvalue weighted by atomic mass is 10.1.